The number of nitrogens with one attached hydrogen (secondary N) is 1. The van der Waals surface area contributed by atoms with Crippen LogP contribution in [0, 0.1) is 5.92 Å². The first-order valence-electron chi connectivity index (χ1n) is 8.24. The van der Waals surface area contributed by atoms with Crippen LogP contribution >= 0.6 is 0 Å². The van der Waals surface area contributed by atoms with Crippen LogP contribution in [0.5, 0.6) is 0 Å². The van der Waals surface area contributed by atoms with Crippen LogP contribution in [0.25, 0.3) is 11.4 Å². The van der Waals surface area contributed by atoms with Gasteiger partial charge in [0.05, 0.1) is 13.1 Å². The summed E-state index contributed by atoms with van der Waals surface area (Å²) in [5.41, 5.74) is 1.43. The van der Waals surface area contributed by atoms with Crippen LogP contribution in [0.1, 0.15) is 35.1 Å². The average molecular weight is 337 g/mol. The molecule has 8 nitrogen and oxygen atoms in total. The second-order valence-electron chi connectivity index (χ2n) is 6.36. The van der Waals surface area contributed by atoms with Crippen molar-refractivity contribution in [2.24, 2.45) is 20.0 Å². The molecule has 1 aromatic carbocycles. The van der Waals surface area contributed by atoms with E-state index in [-0.39, 0.29) is 11.9 Å². The first-order valence-corrected chi connectivity index (χ1v) is 8.24. The number of tetrazole rings is 1. The molecule has 25 heavy (non-hydrogen) atoms. The van der Waals surface area contributed by atoms with E-state index in [1.54, 1.807) is 25.4 Å². The Morgan fingerprint density at radius 2 is 2.00 bits per heavy atom. The molecule has 1 N–H and O–H groups in total. The fourth-order valence-electron chi connectivity index (χ4n) is 2.89. The van der Waals surface area contributed by atoms with Gasteiger partial charge in [-0.15, -0.1) is 10.2 Å². The Labute approximate surface area is 144 Å². The maximum absolute atomic E-state index is 12.6. The Bertz CT molecular complexity index is 892. The number of aromatic nitrogens is 6. The largest absolute Gasteiger partial charge is 0.342 e. The number of aryl methyl sites for hydroxylation is 2. The summed E-state index contributed by atoms with van der Waals surface area (Å²) in [6.45, 7) is 0. The first-order chi connectivity index (χ1) is 12.1. The average Bonchev–Trinajstić information content (AvgIpc) is 3.23. The summed E-state index contributed by atoms with van der Waals surface area (Å²) < 4.78 is 1.96. The van der Waals surface area contributed by atoms with Crippen molar-refractivity contribution in [3.63, 3.8) is 0 Å². The molecule has 0 unspecified atom stereocenters. The molecule has 8 heteroatoms. The van der Waals surface area contributed by atoms with Gasteiger partial charge in [-0.1, -0.05) is 12.1 Å². The molecule has 2 aromatic heterocycles. The standard InChI is InChI=1S/C17H19N7O/c1-23-10-9-18-16(23)14(11-3-4-11)19-17(25)13-7-5-12(6-8-13)15-20-22-24(2)21-15/h5-11,14H,3-4H2,1-2H3,(H,19,25)/t14-/m0/s1. The maximum Gasteiger partial charge on any atom is 0.251 e. The van der Waals surface area contributed by atoms with Crippen LogP contribution < -0.4 is 5.32 Å². The van der Waals surface area contributed by atoms with Gasteiger partial charge in [0.25, 0.3) is 5.91 Å². The van der Waals surface area contributed by atoms with Crippen molar-refractivity contribution in [1.29, 1.82) is 0 Å². The molecule has 0 bridgehead atoms. The van der Waals surface area contributed by atoms with Crippen molar-refractivity contribution in [3.8, 4) is 11.4 Å². The van der Waals surface area contributed by atoms with Gasteiger partial charge in [0.1, 0.15) is 5.82 Å². The zero-order valence-corrected chi connectivity index (χ0v) is 14.1. The second-order valence-corrected chi connectivity index (χ2v) is 6.36. The third-order valence-corrected chi connectivity index (χ3v) is 4.43. The lowest BCUT2D eigenvalue weighted by Gasteiger charge is -2.18. The van der Waals surface area contributed by atoms with Gasteiger partial charge in [-0.25, -0.2) is 4.98 Å². The minimum atomic E-state index is -0.0986. The Kier molecular flexibility index (Phi) is 3.79. The highest BCUT2D eigenvalue weighted by molar-refractivity contribution is 5.94. The molecule has 4 rings (SSSR count). The van der Waals surface area contributed by atoms with E-state index in [0.29, 0.717) is 17.3 Å². The highest BCUT2D eigenvalue weighted by Gasteiger charge is 2.35. The fourth-order valence-corrected chi connectivity index (χ4v) is 2.89. The predicted octanol–water partition coefficient (Wildman–Crippen LogP) is 1.49. The summed E-state index contributed by atoms with van der Waals surface area (Å²) in [6, 6.07) is 7.18. The quantitative estimate of drug-likeness (QED) is 0.762. The normalized spacial score (nSPS) is 15.1. The molecular formula is C17H19N7O. The van der Waals surface area contributed by atoms with Gasteiger partial charge in [0.2, 0.25) is 5.82 Å². The summed E-state index contributed by atoms with van der Waals surface area (Å²) in [5.74, 6) is 1.81. The van der Waals surface area contributed by atoms with Gasteiger partial charge >= 0.3 is 0 Å². The van der Waals surface area contributed by atoms with Gasteiger partial charge in [-0.2, -0.15) is 4.80 Å². The van der Waals surface area contributed by atoms with Gasteiger partial charge in [0.15, 0.2) is 0 Å². The molecule has 0 radical (unpaired) electrons. The van der Waals surface area contributed by atoms with Crippen molar-refractivity contribution < 1.29 is 4.79 Å². The lowest BCUT2D eigenvalue weighted by Crippen LogP contribution is -2.31. The van der Waals surface area contributed by atoms with Crippen LogP contribution in [-0.4, -0.2) is 35.7 Å². The summed E-state index contributed by atoms with van der Waals surface area (Å²) >= 11 is 0. The topological polar surface area (TPSA) is 90.5 Å². The van der Waals surface area contributed by atoms with Gasteiger partial charge in [0, 0.05) is 30.6 Å². The highest BCUT2D eigenvalue weighted by atomic mass is 16.1. The monoisotopic (exact) mass is 337 g/mol. The molecule has 0 saturated heterocycles. The maximum atomic E-state index is 12.6. The molecule has 1 aliphatic rings. The van der Waals surface area contributed by atoms with E-state index in [1.807, 2.05) is 29.9 Å². The van der Waals surface area contributed by atoms with Gasteiger partial charge in [-0.05, 0) is 36.1 Å². The van der Waals surface area contributed by atoms with E-state index >= 15 is 0 Å². The van der Waals surface area contributed by atoms with Crippen molar-refractivity contribution in [2.75, 3.05) is 0 Å². The first kappa shape index (κ1) is 15.5. The smallest absolute Gasteiger partial charge is 0.251 e. The van der Waals surface area contributed by atoms with Crippen LogP contribution in [0.15, 0.2) is 36.7 Å². The predicted molar refractivity (Wildman–Crippen MR) is 90.4 cm³/mol. The van der Waals surface area contributed by atoms with Crippen molar-refractivity contribution >= 4 is 5.91 Å². The number of nitrogens with zero attached hydrogens (tertiary/aromatic N) is 6. The van der Waals surface area contributed by atoms with Crippen LogP contribution in [0.3, 0.4) is 0 Å². The van der Waals surface area contributed by atoms with E-state index in [0.717, 1.165) is 24.2 Å². The van der Waals surface area contributed by atoms with E-state index in [4.69, 9.17) is 0 Å². The SMILES string of the molecule is Cn1nnc(-c2ccc(C(=O)N[C@H](c3nccn3C)C3CC3)cc2)n1. The number of hydrogen-bond acceptors (Lipinski definition) is 5. The molecule has 128 valence electrons. The molecule has 2 heterocycles. The summed E-state index contributed by atoms with van der Waals surface area (Å²) in [4.78, 5) is 18.5. The number of hydrogen-bond donors (Lipinski definition) is 1. The number of carbonyl (C=O) groups excluding carboxylic acids is 1. The zero-order valence-electron chi connectivity index (χ0n) is 14.1. The lowest BCUT2D eigenvalue weighted by atomic mass is 10.1. The van der Waals surface area contributed by atoms with Crippen molar-refractivity contribution in [1.82, 2.24) is 35.1 Å². The molecule has 0 aliphatic heterocycles. The molecular weight excluding hydrogens is 318 g/mol. The van der Waals surface area contributed by atoms with E-state index < -0.39 is 0 Å². The van der Waals surface area contributed by atoms with Crippen LogP contribution in [0.2, 0.25) is 0 Å². The lowest BCUT2D eigenvalue weighted by molar-refractivity contribution is 0.0929. The fraction of sp³-hybridized carbons (Fsp3) is 0.353. The Morgan fingerprint density at radius 3 is 2.56 bits per heavy atom. The minimum absolute atomic E-state index is 0.0474. The minimum Gasteiger partial charge on any atom is -0.342 e. The number of amides is 1. The highest BCUT2D eigenvalue weighted by Crippen LogP contribution is 2.40. The summed E-state index contributed by atoms with van der Waals surface area (Å²) in [7, 11) is 3.67. The van der Waals surface area contributed by atoms with E-state index in [1.165, 1.54) is 4.80 Å². The van der Waals surface area contributed by atoms with Crippen molar-refractivity contribution in [2.45, 2.75) is 18.9 Å². The molecule has 1 amide bonds. The number of benzene rings is 1. The summed E-state index contributed by atoms with van der Waals surface area (Å²) in [5, 5.41) is 15.1. The third-order valence-electron chi connectivity index (χ3n) is 4.43. The Hall–Kier alpha value is -3.03. The zero-order chi connectivity index (χ0) is 17.4. The number of imidazole rings is 1. The van der Waals surface area contributed by atoms with E-state index in [9.17, 15) is 4.79 Å². The molecule has 0 spiro atoms. The van der Waals surface area contributed by atoms with Gasteiger partial charge < -0.3 is 9.88 Å². The number of rotatable bonds is 5. The second kappa shape index (κ2) is 6.12. The van der Waals surface area contributed by atoms with Crippen molar-refractivity contribution in [3.05, 3.63) is 48.0 Å². The third kappa shape index (κ3) is 3.15. The molecule has 1 atom stereocenters. The molecule has 1 fully saturated rings. The molecule has 3 aromatic rings. The van der Waals surface area contributed by atoms with Crippen LogP contribution in [0.4, 0.5) is 0 Å². The Balaban J connectivity index is 1.51. The molecule has 1 saturated carbocycles. The van der Waals surface area contributed by atoms with Crippen LogP contribution in [-0.2, 0) is 14.1 Å². The molecule has 1 aliphatic carbocycles. The van der Waals surface area contributed by atoms with E-state index in [2.05, 4.69) is 25.7 Å². The number of carbonyl (C=O) groups is 1. The summed E-state index contributed by atoms with van der Waals surface area (Å²) in [6.07, 6.45) is 5.91. The Morgan fingerprint density at radius 1 is 1.24 bits per heavy atom. The van der Waals surface area contributed by atoms with Gasteiger partial charge in [-0.3, -0.25) is 4.79 Å².